The minimum absolute atomic E-state index is 0. The highest BCUT2D eigenvalue weighted by atomic mass is 16.1. The standard InChI is InChI=1S/C16H22N2O.2H2/c1-3-13-4-5-15-14(10-13)16(11-18(15)12-19)6-8-17(2)9-7-16;;/h4-5,10,12H,3,6-9,11H2,1-2H3;2*1H/i;1+1D;1+1. The maximum absolute atomic E-state index is 11.3. The van der Waals surface area contributed by atoms with Crippen molar-refractivity contribution in [2.75, 3.05) is 31.6 Å². The summed E-state index contributed by atoms with van der Waals surface area (Å²) < 4.78 is 10.0. The van der Waals surface area contributed by atoms with Crippen molar-refractivity contribution in [2.45, 2.75) is 31.6 Å². The lowest BCUT2D eigenvalue weighted by atomic mass is 9.74. The van der Waals surface area contributed by atoms with E-state index in [4.69, 9.17) is 2.97 Å². The lowest BCUT2D eigenvalue weighted by Gasteiger charge is -2.38. The molecule has 1 saturated heterocycles. The van der Waals surface area contributed by atoms with Gasteiger partial charge in [0, 0.05) is 22.0 Å². The molecule has 0 bridgehead atoms. The highest BCUT2D eigenvalue weighted by Crippen LogP contribution is 2.46. The quantitative estimate of drug-likeness (QED) is 0.768. The van der Waals surface area contributed by atoms with E-state index >= 15 is 0 Å². The van der Waals surface area contributed by atoms with E-state index in [9.17, 15) is 4.79 Å². The minimum Gasteiger partial charge on any atom is -0.314 e. The minimum atomic E-state index is 0. The topological polar surface area (TPSA) is 23.6 Å². The predicted molar refractivity (Wildman–Crippen MR) is 81.9 cm³/mol. The second kappa shape index (κ2) is 4.64. The Morgan fingerprint density at radius 2 is 2.16 bits per heavy atom. The number of likely N-dealkylation sites (tertiary alicyclic amines) is 1. The lowest BCUT2D eigenvalue weighted by molar-refractivity contribution is -0.107. The number of aryl methyl sites for hydroxylation is 1. The monoisotopic (exact) mass is 265 g/mol. The Kier molecular flexibility index (Phi) is 2.80. The summed E-state index contributed by atoms with van der Waals surface area (Å²) in [6, 6.07) is 6.63. The zero-order chi connectivity index (χ0) is 15.5. The first-order chi connectivity index (χ1) is 10.2. The van der Waals surface area contributed by atoms with Crippen molar-refractivity contribution < 1.29 is 9.19 Å². The van der Waals surface area contributed by atoms with Crippen LogP contribution >= 0.6 is 0 Å². The van der Waals surface area contributed by atoms with Crippen molar-refractivity contribution in [1.29, 1.82) is 0 Å². The van der Waals surface area contributed by atoms with Gasteiger partial charge in [-0.2, -0.15) is 0 Å². The van der Waals surface area contributed by atoms with Gasteiger partial charge in [0.25, 0.3) is 0 Å². The maximum Gasteiger partial charge on any atom is 0.214 e. The van der Waals surface area contributed by atoms with Gasteiger partial charge in [-0.1, -0.05) is 19.1 Å². The van der Waals surface area contributed by atoms with Crippen molar-refractivity contribution >= 4 is 12.1 Å². The van der Waals surface area contributed by atoms with Gasteiger partial charge in [-0.05, 0) is 56.6 Å². The molecule has 0 N–H and O–H groups in total. The van der Waals surface area contributed by atoms with Gasteiger partial charge in [-0.15, -0.1) is 0 Å². The smallest absolute Gasteiger partial charge is 0.214 e. The van der Waals surface area contributed by atoms with E-state index in [1.54, 1.807) is 0 Å². The molecule has 3 rings (SSSR count). The molecule has 1 spiro atoms. The highest BCUT2D eigenvalue weighted by Gasteiger charge is 2.44. The summed E-state index contributed by atoms with van der Waals surface area (Å²) in [6.45, 7) is 5.31. The molecule has 2 aliphatic rings. The number of hydrogen-bond acceptors (Lipinski definition) is 2. The number of benzene rings is 1. The molecule has 1 aromatic rings. The Balaban J connectivity index is 0.000000775. The molecule has 2 heterocycles. The first-order valence-electron chi connectivity index (χ1n) is 8.22. The van der Waals surface area contributed by atoms with E-state index in [-0.39, 0.29) is 6.84 Å². The van der Waals surface area contributed by atoms with Gasteiger partial charge in [0.05, 0.1) is 0 Å². The van der Waals surface area contributed by atoms with Gasteiger partial charge < -0.3 is 9.80 Å². The molecule has 0 radical (unpaired) electrons. The van der Waals surface area contributed by atoms with Gasteiger partial charge in [0.1, 0.15) is 0 Å². The summed E-state index contributed by atoms with van der Waals surface area (Å²) in [6.07, 6.45) is 4.38. The average Bonchev–Trinajstić information content (AvgIpc) is 2.85. The molecule has 3 heteroatoms. The van der Waals surface area contributed by atoms with Crippen LogP contribution in [0, 0.1) is 0 Å². The van der Waals surface area contributed by atoms with Crippen LogP contribution in [0.4, 0.5) is 5.69 Å². The van der Waals surface area contributed by atoms with E-state index in [1.165, 1.54) is 11.1 Å². The molecule has 1 aromatic carbocycles. The molecular formula is C16H26N2O. The lowest BCUT2D eigenvalue weighted by Crippen LogP contribution is -2.43. The molecule has 2 aliphatic heterocycles. The van der Waals surface area contributed by atoms with Crippen molar-refractivity contribution in [3.63, 3.8) is 0 Å². The van der Waals surface area contributed by atoms with E-state index in [0.717, 1.165) is 51.0 Å². The summed E-state index contributed by atoms with van der Waals surface area (Å²) in [4.78, 5) is 15.6. The summed E-state index contributed by atoms with van der Waals surface area (Å²) >= 11 is 0. The Labute approximate surface area is 119 Å². The molecule has 0 saturated carbocycles. The third-order valence-electron chi connectivity index (χ3n) is 4.89. The first kappa shape index (κ1) is 11.5. The van der Waals surface area contributed by atoms with E-state index in [1.807, 2.05) is 4.90 Å². The Morgan fingerprint density at radius 3 is 2.79 bits per heavy atom. The van der Waals surface area contributed by atoms with Crippen LogP contribution in [0.5, 0.6) is 0 Å². The number of carbonyl (C=O) groups excluding carboxylic acids is 1. The fraction of sp³-hybridized carbons (Fsp3) is 0.562. The molecule has 0 unspecified atom stereocenters. The second-order valence-electron chi connectivity index (χ2n) is 6.02. The van der Waals surface area contributed by atoms with Crippen LogP contribution in [-0.4, -0.2) is 38.0 Å². The fourth-order valence-electron chi connectivity index (χ4n) is 3.54. The van der Waals surface area contributed by atoms with Crippen LogP contribution < -0.4 is 4.90 Å². The maximum atomic E-state index is 11.3. The van der Waals surface area contributed by atoms with Crippen molar-refractivity contribution in [1.82, 2.24) is 4.90 Å². The zero-order valence-corrected chi connectivity index (χ0v) is 11.9. The van der Waals surface area contributed by atoms with Gasteiger partial charge in [0.15, 0.2) is 0 Å². The average molecular weight is 265 g/mol. The van der Waals surface area contributed by atoms with E-state index in [0.29, 0.717) is 0 Å². The third-order valence-corrected chi connectivity index (χ3v) is 4.89. The number of piperidine rings is 1. The first-order valence-corrected chi connectivity index (χ1v) is 7.22. The van der Waals surface area contributed by atoms with Crippen molar-refractivity contribution in [3.05, 3.63) is 29.3 Å². The van der Waals surface area contributed by atoms with Crippen molar-refractivity contribution in [2.24, 2.45) is 0 Å². The van der Waals surface area contributed by atoms with Crippen LogP contribution in [-0.2, 0) is 16.6 Å². The van der Waals surface area contributed by atoms with Crippen LogP contribution in [0.1, 0.15) is 35.3 Å². The van der Waals surface area contributed by atoms with Crippen LogP contribution in [0.15, 0.2) is 18.2 Å². The largest absolute Gasteiger partial charge is 0.314 e. The number of nitrogens with zero attached hydrogens (tertiary/aromatic N) is 2. The molecule has 1 fully saturated rings. The molecule has 106 valence electrons. The third kappa shape index (κ3) is 1.96. The summed E-state index contributed by atoms with van der Waals surface area (Å²) in [5.41, 5.74) is 4.13. The van der Waals surface area contributed by atoms with Crippen LogP contribution in [0.2, 0.25) is 0 Å². The molecule has 1 amide bonds. The van der Waals surface area contributed by atoms with Gasteiger partial charge in [0.2, 0.25) is 6.41 Å². The highest BCUT2D eigenvalue weighted by molar-refractivity contribution is 5.81. The van der Waals surface area contributed by atoms with Gasteiger partial charge >= 0.3 is 0 Å². The molecule has 0 aromatic heterocycles. The predicted octanol–water partition coefficient (Wildman–Crippen LogP) is 2.68. The number of hydrogen-bond donors (Lipinski definition) is 0. The molecule has 0 aliphatic carbocycles. The summed E-state index contributed by atoms with van der Waals surface area (Å²) in [5, 5.41) is 0. The second-order valence-corrected chi connectivity index (χ2v) is 6.02. The number of anilines is 1. The Hall–Kier alpha value is -1.35. The van der Waals surface area contributed by atoms with Crippen LogP contribution in [0.25, 0.3) is 0 Å². The number of fused-ring (bicyclic) bond motifs is 2. The van der Waals surface area contributed by atoms with Crippen LogP contribution in [0.3, 0.4) is 0 Å². The number of amides is 1. The SMILES string of the molecule is CCc1ccc2c(c1)C1(CCN(C)CC1)CN2C=O.[2HH].[2H][2H]. The Morgan fingerprint density at radius 1 is 1.42 bits per heavy atom. The number of rotatable bonds is 2. The summed E-state index contributed by atoms with van der Waals surface area (Å²) in [5.74, 6) is 0. The number of carbonyl (C=O) groups is 1. The van der Waals surface area contributed by atoms with Crippen molar-refractivity contribution in [3.8, 4) is 0 Å². The molecule has 3 nitrogen and oxygen atoms in total. The zero-order valence-electron chi connectivity index (χ0n) is 13.9. The molecule has 19 heavy (non-hydrogen) atoms. The molecule has 0 atom stereocenters. The summed E-state index contributed by atoms with van der Waals surface area (Å²) in [7, 11) is 2.18. The normalized spacial score (nSPS) is 22.1. The van der Waals surface area contributed by atoms with Gasteiger partial charge in [-0.25, -0.2) is 0 Å². The fourth-order valence-corrected chi connectivity index (χ4v) is 3.54. The van der Waals surface area contributed by atoms with E-state index in [2.05, 4.69) is 37.1 Å². The molecular weight excluding hydrogens is 236 g/mol. The van der Waals surface area contributed by atoms with Gasteiger partial charge in [-0.3, -0.25) is 4.79 Å². The van der Waals surface area contributed by atoms with E-state index < -0.39 is 0 Å². The Bertz CT molecular complexity index is 502.